The average Bonchev–Trinajstić information content (AvgIpc) is 3.29. The molecule has 1 saturated carbocycles. The van der Waals surface area contributed by atoms with Gasteiger partial charge in [0.2, 0.25) is 11.8 Å². The molecule has 0 aromatic heterocycles. The Labute approximate surface area is 205 Å². The van der Waals surface area contributed by atoms with Crippen LogP contribution in [0, 0.1) is 0 Å². The lowest BCUT2D eigenvalue weighted by Crippen LogP contribution is -2.51. The lowest BCUT2D eigenvalue weighted by atomic mass is 10.1. The fourth-order valence-corrected chi connectivity index (χ4v) is 5.23. The lowest BCUT2D eigenvalue weighted by molar-refractivity contribution is -0.139. The van der Waals surface area contributed by atoms with E-state index in [2.05, 4.69) is 17.4 Å². The van der Waals surface area contributed by atoms with Crippen molar-refractivity contribution in [2.24, 2.45) is 0 Å². The maximum absolute atomic E-state index is 13.3. The molecule has 7 heteroatoms. The van der Waals surface area contributed by atoms with Crippen molar-refractivity contribution < 1.29 is 9.59 Å². The third-order valence-electron chi connectivity index (χ3n) is 5.76. The van der Waals surface area contributed by atoms with Crippen molar-refractivity contribution in [2.75, 3.05) is 5.75 Å². The molecule has 0 heterocycles. The van der Waals surface area contributed by atoms with Crippen LogP contribution in [0.1, 0.15) is 50.2 Å². The zero-order valence-corrected chi connectivity index (χ0v) is 20.7. The summed E-state index contributed by atoms with van der Waals surface area (Å²) in [6.45, 7) is 2.27. The molecular formula is C25H30Cl2N2O2S. The van der Waals surface area contributed by atoms with Gasteiger partial charge in [0, 0.05) is 18.3 Å². The maximum atomic E-state index is 13.3. The molecule has 1 aliphatic carbocycles. The highest BCUT2D eigenvalue weighted by Gasteiger charge is 2.30. The standard InChI is InChI=1S/C25H30Cl2N2O2S/c1-2-23(25(31)28-20-10-6-7-11-20)29(15-19-12-13-21(26)22(27)14-19)24(30)17-32-16-18-8-4-3-5-9-18/h3-5,8-9,12-14,20,23H,2,6-7,10-11,15-17H2,1H3,(H,28,31). The van der Waals surface area contributed by atoms with Gasteiger partial charge in [-0.15, -0.1) is 11.8 Å². The van der Waals surface area contributed by atoms with Crippen molar-refractivity contribution in [2.45, 2.75) is 63.4 Å². The minimum absolute atomic E-state index is 0.0505. The molecule has 1 fully saturated rings. The number of nitrogens with one attached hydrogen (secondary N) is 1. The highest BCUT2D eigenvalue weighted by Crippen LogP contribution is 2.25. The Kier molecular flexibility index (Phi) is 9.76. The van der Waals surface area contributed by atoms with Crippen molar-refractivity contribution in [1.82, 2.24) is 10.2 Å². The van der Waals surface area contributed by atoms with Gasteiger partial charge >= 0.3 is 0 Å². The molecule has 172 valence electrons. The van der Waals surface area contributed by atoms with Crippen molar-refractivity contribution in [3.8, 4) is 0 Å². The van der Waals surface area contributed by atoms with E-state index in [0.717, 1.165) is 37.0 Å². The summed E-state index contributed by atoms with van der Waals surface area (Å²) in [5, 5.41) is 4.08. The van der Waals surface area contributed by atoms with Gasteiger partial charge in [0.15, 0.2) is 0 Å². The fourth-order valence-electron chi connectivity index (χ4n) is 4.04. The van der Waals surface area contributed by atoms with E-state index < -0.39 is 6.04 Å². The van der Waals surface area contributed by atoms with Gasteiger partial charge in [-0.05, 0) is 42.5 Å². The van der Waals surface area contributed by atoms with Crippen LogP contribution in [0.5, 0.6) is 0 Å². The number of carbonyl (C=O) groups excluding carboxylic acids is 2. The third-order valence-corrected chi connectivity index (χ3v) is 7.49. The van der Waals surface area contributed by atoms with Crippen LogP contribution in [0.15, 0.2) is 48.5 Å². The topological polar surface area (TPSA) is 49.4 Å². The number of thioether (sulfide) groups is 1. The van der Waals surface area contributed by atoms with Crippen LogP contribution in [-0.4, -0.2) is 34.6 Å². The van der Waals surface area contributed by atoms with Crippen molar-refractivity contribution in [3.05, 3.63) is 69.7 Å². The second kappa shape index (κ2) is 12.5. The summed E-state index contributed by atoms with van der Waals surface area (Å²) in [5.74, 6) is 0.938. The Bertz CT molecular complexity index is 904. The van der Waals surface area contributed by atoms with Crippen molar-refractivity contribution in [1.29, 1.82) is 0 Å². The lowest BCUT2D eigenvalue weighted by Gasteiger charge is -2.31. The number of amides is 2. The summed E-state index contributed by atoms with van der Waals surface area (Å²) in [6, 6.07) is 15.1. The van der Waals surface area contributed by atoms with Crippen LogP contribution in [0.25, 0.3) is 0 Å². The molecule has 0 bridgehead atoms. The van der Waals surface area contributed by atoms with Gasteiger partial charge < -0.3 is 10.2 Å². The first-order chi connectivity index (χ1) is 15.5. The normalized spacial score (nSPS) is 14.8. The van der Waals surface area contributed by atoms with Crippen LogP contribution in [0.4, 0.5) is 0 Å². The van der Waals surface area contributed by atoms with Gasteiger partial charge in [-0.1, -0.05) is 79.4 Å². The molecule has 1 aliphatic rings. The summed E-state index contributed by atoms with van der Waals surface area (Å²) >= 11 is 13.8. The number of hydrogen-bond acceptors (Lipinski definition) is 3. The molecule has 0 radical (unpaired) electrons. The Morgan fingerprint density at radius 1 is 1.06 bits per heavy atom. The number of halogens is 2. The average molecular weight is 494 g/mol. The van der Waals surface area contributed by atoms with Crippen molar-refractivity contribution in [3.63, 3.8) is 0 Å². The van der Waals surface area contributed by atoms with Gasteiger partial charge in [-0.25, -0.2) is 0 Å². The van der Waals surface area contributed by atoms with Gasteiger partial charge in [0.25, 0.3) is 0 Å². The van der Waals surface area contributed by atoms with Gasteiger partial charge in [0.1, 0.15) is 6.04 Å². The number of carbonyl (C=O) groups is 2. The molecule has 1 atom stereocenters. The Balaban J connectivity index is 1.72. The molecule has 2 aromatic carbocycles. The van der Waals surface area contributed by atoms with E-state index in [1.165, 1.54) is 5.56 Å². The Hall–Kier alpha value is -1.69. The second-order valence-electron chi connectivity index (χ2n) is 8.16. The van der Waals surface area contributed by atoms with Crippen LogP contribution in [0.3, 0.4) is 0 Å². The summed E-state index contributed by atoms with van der Waals surface area (Å²) in [5.41, 5.74) is 2.03. The first-order valence-corrected chi connectivity index (χ1v) is 13.0. The van der Waals surface area contributed by atoms with Crippen molar-refractivity contribution >= 4 is 46.8 Å². The third kappa shape index (κ3) is 7.16. The summed E-state index contributed by atoms with van der Waals surface area (Å²) in [4.78, 5) is 28.1. The molecule has 2 aromatic rings. The Morgan fingerprint density at radius 3 is 2.44 bits per heavy atom. The molecule has 0 saturated heterocycles. The summed E-state index contributed by atoms with van der Waals surface area (Å²) in [6.07, 6.45) is 4.86. The monoisotopic (exact) mass is 492 g/mol. The molecular weight excluding hydrogens is 463 g/mol. The van der Waals surface area contributed by atoms with E-state index in [9.17, 15) is 9.59 Å². The zero-order chi connectivity index (χ0) is 22.9. The van der Waals surface area contributed by atoms with Crippen LogP contribution in [0.2, 0.25) is 10.0 Å². The minimum atomic E-state index is -0.519. The smallest absolute Gasteiger partial charge is 0.243 e. The summed E-state index contributed by atoms with van der Waals surface area (Å²) in [7, 11) is 0. The molecule has 32 heavy (non-hydrogen) atoms. The number of rotatable bonds is 10. The van der Waals surface area contributed by atoms with Gasteiger partial charge in [0.05, 0.1) is 15.8 Å². The largest absolute Gasteiger partial charge is 0.352 e. The summed E-state index contributed by atoms with van der Waals surface area (Å²) < 4.78 is 0. The van der Waals surface area contributed by atoms with Crippen LogP contribution < -0.4 is 5.32 Å². The van der Waals surface area contributed by atoms with E-state index in [1.807, 2.05) is 31.2 Å². The molecule has 4 nitrogen and oxygen atoms in total. The molecule has 0 aliphatic heterocycles. The first kappa shape index (κ1) is 24.9. The molecule has 1 unspecified atom stereocenters. The van der Waals surface area contributed by atoms with E-state index in [-0.39, 0.29) is 17.9 Å². The number of hydrogen-bond donors (Lipinski definition) is 1. The number of nitrogens with zero attached hydrogens (tertiary/aromatic N) is 1. The van der Waals surface area contributed by atoms with E-state index in [4.69, 9.17) is 23.2 Å². The zero-order valence-electron chi connectivity index (χ0n) is 18.4. The first-order valence-electron chi connectivity index (χ1n) is 11.1. The second-order valence-corrected chi connectivity index (χ2v) is 9.96. The van der Waals surface area contributed by atoms with E-state index in [0.29, 0.717) is 28.8 Å². The Morgan fingerprint density at radius 2 is 1.78 bits per heavy atom. The predicted molar refractivity (Wildman–Crippen MR) is 134 cm³/mol. The minimum Gasteiger partial charge on any atom is -0.352 e. The molecule has 3 rings (SSSR count). The number of benzene rings is 2. The van der Waals surface area contributed by atoms with E-state index >= 15 is 0 Å². The quantitative estimate of drug-likeness (QED) is 0.436. The SMILES string of the molecule is CCC(C(=O)NC1CCCC1)N(Cc1ccc(Cl)c(Cl)c1)C(=O)CSCc1ccccc1. The van der Waals surface area contributed by atoms with Crippen LogP contribution >= 0.6 is 35.0 Å². The van der Waals surface area contributed by atoms with Crippen LogP contribution in [-0.2, 0) is 21.9 Å². The molecule has 1 N–H and O–H groups in total. The fraction of sp³-hybridized carbons (Fsp3) is 0.440. The van der Waals surface area contributed by atoms with Gasteiger partial charge in [-0.3, -0.25) is 9.59 Å². The van der Waals surface area contributed by atoms with E-state index in [1.54, 1.807) is 28.8 Å². The molecule has 2 amide bonds. The maximum Gasteiger partial charge on any atom is 0.243 e. The predicted octanol–water partition coefficient (Wildman–Crippen LogP) is 6.09. The van der Waals surface area contributed by atoms with Gasteiger partial charge in [-0.2, -0.15) is 0 Å². The highest BCUT2D eigenvalue weighted by molar-refractivity contribution is 7.99. The molecule has 0 spiro atoms. The highest BCUT2D eigenvalue weighted by atomic mass is 35.5.